The fourth-order valence-corrected chi connectivity index (χ4v) is 34.9. The molecule has 0 spiro atoms. The predicted molar refractivity (Wildman–Crippen MR) is 161 cm³/mol. The topological polar surface area (TPSA) is 0 Å². The molecule has 0 heterocycles. The molecular formula is C34H33ClSiZr. The van der Waals surface area contributed by atoms with E-state index in [9.17, 15) is 0 Å². The molecule has 6 rings (SSSR count). The van der Waals surface area contributed by atoms with Gasteiger partial charge in [0.2, 0.25) is 0 Å². The Hall–Kier alpha value is -2.25. The summed E-state index contributed by atoms with van der Waals surface area (Å²) in [5, 5.41) is 0. The van der Waals surface area contributed by atoms with Crippen LogP contribution in [0, 0.1) is 0 Å². The Balaban J connectivity index is 1.51. The summed E-state index contributed by atoms with van der Waals surface area (Å²) < 4.78 is 0.807. The molecule has 0 aliphatic heterocycles. The van der Waals surface area contributed by atoms with E-state index in [4.69, 9.17) is 8.51 Å². The Morgan fingerprint density at radius 1 is 0.568 bits per heavy atom. The van der Waals surface area contributed by atoms with Crippen molar-refractivity contribution >= 4 is 26.6 Å². The molecule has 0 saturated carbocycles. The van der Waals surface area contributed by atoms with Crippen LogP contribution in [0.25, 0.3) is 34.4 Å². The van der Waals surface area contributed by atoms with Crippen molar-refractivity contribution in [3.05, 3.63) is 130 Å². The van der Waals surface area contributed by atoms with Crippen molar-refractivity contribution in [2.75, 3.05) is 0 Å². The quantitative estimate of drug-likeness (QED) is 0.201. The maximum atomic E-state index is 8.32. The first-order valence-corrected chi connectivity index (χ1v) is 26.5. The first-order valence-electron chi connectivity index (χ1n) is 13.3. The molecule has 2 aliphatic carbocycles. The van der Waals surface area contributed by atoms with Crippen LogP contribution < -0.4 is 0 Å². The molecule has 0 radical (unpaired) electrons. The Bertz CT molecular complexity index is 1420. The fraction of sp³-hybridized carbons (Fsp3) is 0.176. The summed E-state index contributed by atoms with van der Waals surface area (Å²) in [6.07, 6.45) is 4.92. The first-order chi connectivity index (χ1) is 17.9. The third-order valence-corrected chi connectivity index (χ3v) is 45.7. The zero-order chi connectivity index (χ0) is 25.7. The van der Waals surface area contributed by atoms with Gasteiger partial charge in [-0.1, -0.05) is 0 Å². The zero-order valence-electron chi connectivity index (χ0n) is 22.0. The van der Waals surface area contributed by atoms with Crippen molar-refractivity contribution in [1.82, 2.24) is 0 Å². The monoisotopic (exact) mass is 594 g/mol. The summed E-state index contributed by atoms with van der Waals surface area (Å²) in [5.41, 5.74) is 13.9. The van der Waals surface area contributed by atoms with E-state index in [0.29, 0.717) is 7.25 Å². The Kier molecular flexibility index (Phi) is 6.64. The number of hydrogen-bond acceptors (Lipinski definition) is 0. The summed E-state index contributed by atoms with van der Waals surface area (Å²) in [5.74, 6) is -1.19. The van der Waals surface area contributed by atoms with Gasteiger partial charge in [0.15, 0.2) is 0 Å². The van der Waals surface area contributed by atoms with Gasteiger partial charge >= 0.3 is 232 Å². The number of allylic oxidation sites excluding steroid dienone is 2. The van der Waals surface area contributed by atoms with Crippen molar-refractivity contribution < 1.29 is 18.2 Å². The summed E-state index contributed by atoms with van der Waals surface area (Å²) in [7, 11) is 8.32. The fourth-order valence-electron chi connectivity index (χ4n) is 6.85. The Labute approximate surface area is 230 Å². The average Bonchev–Trinajstić information content (AvgIpc) is 3.44. The molecule has 37 heavy (non-hydrogen) atoms. The third kappa shape index (κ3) is 4.04. The van der Waals surface area contributed by atoms with Crippen molar-refractivity contribution in [2.45, 2.75) is 34.2 Å². The number of halogens is 1. The van der Waals surface area contributed by atoms with E-state index in [2.05, 4.69) is 136 Å². The van der Waals surface area contributed by atoms with Gasteiger partial charge in [0.1, 0.15) is 0 Å². The van der Waals surface area contributed by atoms with Crippen LogP contribution >= 0.6 is 8.51 Å². The normalized spacial score (nSPS) is 19.7. The third-order valence-electron chi connectivity index (χ3n) is 8.50. The van der Waals surface area contributed by atoms with Gasteiger partial charge in [0.05, 0.1) is 0 Å². The minimum atomic E-state index is -3.39. The van der Waals surface area contributed by atoms with Crippen molar-refractivity contribution in [2.24, 2.45) is 0 Å². The molecule has 2 unspecified atom stereocenters. The molecule has 0 N–H and O–H groups in total. The number of fused-ring (bicyclic) bond motifs is 2. The standard InChI is InChI=1S/2C16H13.C2H7Si.ClH.Zr/c2*1-12-10-14-8-5-9-15(16(14)11-12)13-6-3-2-4-7-13;1-3-2;;/h2*2-11H,1H3;3H,1-2H3;1H;/q;;;;+1/p-1. The van der Waals surface area contributed by atoms with Crippen LogP contribution in [0.5, 0.6) is 0 Å². The number of benzene rings is 4. The predicted octanol–water partition coefficient (Wildman–Crippen LogP) is 9.93. The molecule has 4 aromatic rings. The van der Waals surface area contributed by atoms with Gasteiger partial charge in [-0.15, -0.1) is 0 Å². The van der Waals surface area contributed by atoms with E-state index in [0.717, 1.165) is 0 Å². The van der Waals surface area contributed by atoms with Crippen LogP contribution in [0.3, 0.4) is 0 Å². The van der Waals surface area contributed by atoms with E-state index >= 15 is 0 Å². The molecule has 3 heteroatoms. The Morgan fingerprint density at radius 3 is 1.35 bits per heavy atom. The van der Waals surface area contributed by atoms with Crippen molar-refractivity contribution in [3.63, 3.8) is 0 Å². The molecule has 184 valence electrons. The minimum absolute atomic E-state index is 0.404. The SMILES string of the molecule is CC1=Cc2c(-c3ccccc3)cccc2[CH]1[Zr]([Cl])([CH]1C(C)=Cc2c(-c3ccccc3)cccc21)[SiH](C)C. The van der Waals surface area contributed by atoms with E-state index in [1.54, 1.807) is 0 Å². The second-order valence-electron chi connectivity index (χ2n) is 11.0. The van der Waals surface area contributed by atoms with Crippen molar-refractivity contribution in [3.8, 4) is 22.3 Å². The molecule has 2 aliphatic rings. The van der Waals surface area contributed by atoms with E-state index in [1.165, 1.54) is 55.7 Å². The van der Waals surface area contributed by atoms with Gasteiger partial charge in [0.25, 0.3) is 0 Å². The van der Waals surface area contributed by atoms with Crippen LogP contribution in [0.4, 0.5) is 0 Å². The van der Waals surface area contributed by atoms with Crippen LogP contribution in [-0.2, 0) is 18.2 Å². The summed E-state index contributed by atoms with van der Waals surface area (Å²) in [4.78, 5) is 0. The molecule has 0 amide bonds. The van der Waals surface area contributed by atoms with Gasteiger partial charge in [0, 0.05) is 0 Å². The van der Waals surface area contributed by atoms with E-state index in [1.807, 2.05) is 0 Å². The first kappa shape index (κ1) is 25.1. The van der Waals surface area contributed by atoms with Crippen molar-refractivity contribution in [1.29, 1.82) is 0 Å². The zero-order valence-corrected chi connectivity index (χ0v) is 26.4. The van der Waals surface area contributed by atoms with Crippen LogP contribution in [0.1, 0.15) is 43.4 Å². The molecule has 4 aromatic carbocycles. The molecule has 0 bridgehead atoms. The average molecular weight is 596 g/mol. The number of hydrogen-bond donors (Lipinski definition) is 0. The molecule has 0 aromatic heterocycles. The Morgan fingerprint density at radius 2 is 0.973 bits per heavy atom. The van der Waals surface area contributed by atoms with Gasteiger partial charge in [-0.25, -0.2) is 0 Å². The molecule has 0 fully saturated rings. The molecular weight excluding hydrogens is 563 g/mol. The number of rotatable bonds is 5. The van der Waals surface area contributed by atoms with Gasteiger partial charge in [-0.05, 0) is 0 Å². The summed E-state index contributed by atoms with van der Waals surface area (Å²) in [6, 6.07) is 35.5. The van der Waals surface area contributed by atoms with E-state index in [-0.39, 0.29) is 0 Å². The van der Waals surface area contributed by atoms with Crippen LogP contribution in [0.2, 0.25) is 13.1 Å². The second kappa shape index (κ2) is 9.81. The van der Waals surface area contributed by atoms with Gasteiger partial charge in [-0.2, -0.15) is 0 Å². The van der Waals surface area contributed by atoms with E-state index < -0.39 is 24.2 Å². The molecule has 0 nitrogen and oxygen atoms in total. The maximum absolute atomic E-state index is 8.32. The van der Waals surface area contributed by atoms with Gasteiger partial charge < -0.3 is 0 Å². The van der Waals surface area contributed by atoms with Crippen LogP contribution in [0.15, 0.2) is 108 Å². The van der Waals surface area contributed by atoms with Crippen LogP contribution in [-0.4, -0.2) is 5.92 Å². The second-order valence-corrected chi connectivity index (χ2v) is 40.4. The molecule has 2 atom stereocenters. The molecule has 0 saturated heterocycles. The summed E-state index contributed by atoms with van der Waals surface area (Å²) in [6.45, 7) is 9.75. The van der Waals surface area contributed by atoms with Gasteiger partial charge in [-0.3, -0.25) is 0 Å². The summed E-state index contributed by atoms with van der Waals surface area (Å²) >= 11 is -3.39.